The number of unbranched alkanes of at least 4 members (excludes halogenated alkanes) is 1. The average molecular weight is 590 g/mol. The zero-order valence-electron chi connectivity index (χ0n) is 28.5. The Morgan fingerprint density at radius 3 is 2.30 bits per heavy atom. The Labute approximate surface area is 264 Å². The highest BCUT2D eigenvalue weighted by Gasteiger charge is 2.29. The van der Waals surface area contributed by atoms with Crippen LogP contribution in [0, 0.1) is 5.92 Å². The Bertz CT molecular complexity index is 1100. The minimum absolute atomic E-state index is 0.0186. The van der Waals surface area contributed by atoms with E-state index in [2.05, 4.69) is 117 Å². The van der Waals surface area contributed by atoms with Crippen LogP contribution in [0.2, 0.25) is 0 Å². The first kappa shape index (κ1) is 38.2. The standard InChI is InChI=1S/C18H24FN.C15H20N2.C4H10.C2H6/c1-4-6-11-17(19)14(3)18-16-10-8-7-9-15(16)12-13-20(18)5-2;1-3-17(2)15(13-7-5-4-6-8-13)14-9-11-16-12-10-14;1-3-4-2;1-2/h4,7-10,18H,1,5-6,11-13H2,2-3H3;4-7,9-13,15H,3,8H2,1-2H3;3-4H2,1-2H3;1-2H3/b17-14-;;;. The molecule has 0 fully saturated rings. The van der Waals surface area contributed by atoms with Crippen LogP contribution in [-0.2, 0) is 6.42 Å². The number of aromatic nitrogens is 1. The van der Waals surface area contributed by atoms with Crippen molar-refractivity contribution in [1.29, 1.82) is 0 Å². The molecule has 3 unspecified atom stereocenters. The van der Waals surface area contributed by atoms with Crippen LogP contribution in [0.25, 0.3) is 0 Å². The predicted molar refractivity (Wildman–Crippen MR) is 187 cm³/mol. The van der Waals surface area contributed by atoms with E-state index in [0.717, 1.165) is 38.0 Å². The van der Waals surface area contributed by atoms with Crippen molar-refractivity contribution in [2.24, 2.45) is 5.92 Å². The molecule has 4 heteroatoms. The quantitative estimate of drug-likeness (QED) is 0.257. The van der Waals surface area contributed by atoms with E-state index in [0.29, 0.717) is 24.8 Å². The zero-order valence-corrected chi connectivity index (χ0v) is 28.5. The van der Waals surface area contributed by atoms with Gasteiger partial charge in [-0.05, 0) is 80.7 Å². The monoisotopic (exact) mass is 589 g/mol. The van der Waals surface area contributed by atoms with Crippen molar-refractivity contribution < 1.29 is 4.39 Å². The highest BCUT2D eigenvalue weighted by Crippen LogP contribution is 2.37. The molecule has 1 aromatic carbocycles. The van der Waals surface area contributed by atoms with E-state index in [1.807, 2.05) is 33.2 Å². The van der Waals surface area contributed by atoms with Crippen molar-refractivity contribution in [3.63, 3.8) is 0 Å². The van der Waals surface area contributed by atoms with Gasteiger partial charge in [-0.1, -0.05) is 109 Å². The lowest BCUT2D eigenvalue weighted by atomic mass is 9.87. The molecule has 1 aromatic heterocycles. The molecule has 1 aliphatic heterocycles. The summed E-state index contributed by atoms with van der Waals surface area (Å²) in [6, 6.07) is 13.2. The van der Waals surface area contributed by atoms with Crippen LogP contribution in [0.4, 0.5) is 4.39 Å². The largest absolute Gasteiger partial charge is 0.299 e. The van der Waals surface area contributed by atoms with Gasteiger partial charge in [0.05, 0.1) is 6.04 Å². The fourth-order valence-corrected chi connectivity index (χ4v) is 5.46. The number of benzene rings is 1. The summed E-state index contributed by atoms with van der Waals surface area (Å²) in [6.45, 7) is 21.3. The number of hydrogen-bond donors (Lipinski definition) is 0. The molecule has 43 heavy (non-hydrogen) atoms. The van der Waals surface area contributed by atoms with Gasteiger partial charge in [0.25, 0.3) is 0 Å². The average Bonchev–Trinajstić information content (AvgIpc) is 3.08. The maximum atomic E-state index is 14.4. The summed E-state index contributed by atoms with van der Waals surface area (Å²) in [5.41, 5.74) is 4.85. The summed E-state index contributed by atoms with van der Waals surface area (Å²) in [7, 11) is 2.19. The topological polar surface area (TPSA) is 19.4 Å². The SMILES string of the molecule is C=CCC/C(F)=C(\C)C1c2ccccc2CCN1CC.CC.CCCC.CCN(C)C(c1ccncc1)C1C=CC=CC1. The summed E-state index contributed by atoms with van der Waals surface area (Å²) in [5.74, 6) is 0.581. The molecule has 0 amide bonds. The van der Waals surface area contributed by atoms with Gasteiger partial charge in [0.2, 0.25) is 0 Å². The third kappa shape index (κ3) is 12.4. The number of nitrogens with zero attached hydrogens (tertiary/aromatic N) is 3. The molecule has 2 aliphatic rings. The van der Waals surface area contributed by atoms with Gasteiger partial charge in [-0.2, -0.15) is 0 Å². The van der Waals surface area contributed by atoms with E-state index in [1.54, 1.807) is 6.08 Å². The van der Waals surface area contributed by atoms with Crippen LogP contribution in [0.1, 0.15) is 109 Å². The molecule has 3 nitrogen and oxygen atoms in total. The van der Waals surface area contributed by atoms with Crippen LogP contribution in [0.5, 0.6) is 0 Å². The normalized spacial score (nSPS) is 18.5. The van der Waals surface area contributed by atoms with Gasteiger partial charge in [0.15, 0.2) is 0 Å². The van der Waals surface area contributed by atoms with Gasteiger partial charge in [-0.3, -0.25) is 14.8 Å². The number of halogens is 1. The first-order valence-corrected chi connectivity index (χ1v) is 16.6. The van der Waals surface area contributed by atoms with Crippen molar-refractivity contribution in [3.8, 4) is 0 Å². The second-order valence-corrected chi connectivity index (χ2v) is 10.9. The fraction of sp³-hybridized carbons (Fsp3) is 0.513. The number of fused-ring (bicyclic) bond motifs is 1. The molecule has 0 saturated carbocycles. The summed E-state index contributed by atoms with van der Waals surface area (Å²) >= 11 is 0. The number of rotatable bonds is 10. The maximum Gasteiger partial charge on any atom is 0.101 e. The lowest BCUT2D eigenvalue weighted by Gasteiger charge is -2.37. The van der Waals surface area contributed by atoms with Crippen LogP contribution in [-0.4, -0.2) is 41.5 Å². The van der Waals surface area contributed by atoms with Gasteiger partial charge in [0.1, 0.15) is 5.83 Å². The molecule has 0 saturated heterocycles. The molecule has 238 valence electrons. The van der Waals surface area contributed by atoms with Gasteiger partial charge in [0, 0.05) is 37.3 Å². The highest BCUT2D eigenvalue weighted by molar-refractivity contribution is 5.38. The minimum Gasteiger partial charge on any atom is -0.299 e. The molecule has 0 N–H and O–H groups in total. The van der Waals surface area contributed by atoms with Crippen LogP contribution < -0.4 is 0 Å². The fourth-order valence-electron chi connectivity index (χ4n) is 5.46. The Morgan fingerprint density at radius 1 is 1.07 bits per heavy atom. The minimum atomic E-state index is 0.0186. The third-order valence-electron chi connectivity index (χ3n) is 8.14. The number of hydrogen-bond acceptors (Lipinski definition) is 3. The summed E-state index contributed by atoms with van der Waals surface area (Å²) in [5, 5.41) is 0. The second kappa shape index (κ2) is 22.7. The van der Waals surface area contributed by atoms with Crippen molar-refractivity contribution in [1.82, 2.24) is 14.8 Å². The lowest BCUT2D eigenvalue weighted by Crippen LogP contribution is -2.36. The molecule has 3 atom stereocenters. The molecule has 4 rings (SSSR count). The Balaban J connectivity index is 0.000000367. The molecular formula is C39H60FN3. The molecule has 0 bridgehead atoms. The smallest absolute Gasteiger partial charge is 0.101 e. The predicted octanol–water partition coefficient (Wildman–Crippen LogP) is 10.9. The number of allylic oxidation sites excluding steroid dienone is 5. The van der Waals surface area contributed by atoms with Gasteiger partial charge >= 0.3 is 0 Å². The van der Waals surface area contributed by atoms with Crippen molar-refractivity contribution in [2.75, 3.05) is 26.7 Å². The maximum absolute atomic E-state index is 14.4. The Hall–Kier alpha value is -2.82. The molecule has 2 heterocycles. The van der Waals surface area contributed by atoms with Gasteiger partial charge in [-0.15, -0.1) is 6.58 Å². The zero-order chi connectivity index (χ0) is 32.0. The number of pyridine rings is 1. The van der Waals surface area contributed by atoms with Crippen LogP contribution in [0.3, 0.4) is 0 Å². The first-order valence-electron chi connectivity index (χ1n) is 16.6. The Morgan fingerprint density at radius 2 is 1.74 bits per heavy atom. The van der Waals surface area contributed by atoms with E-state index < -0.39 is 0 Å². The summed E-state index contributed by atoms with van der Waals surface area (Å²) in [6.07, 6.45) is 20.4. The lowest BCUT2D eigenvalue weighted by molar-refractivity contribution is 0.208. The molecule has 0 spiro atoms. The van der Waals surface area contributed by atoms with Crippen LogP contribution >= 0.6 is 0 Å². The Kier molecular flexibility index (Phi) is 20.2. The molecular weight excluding hydrogens is 529 g/mol. The van der Waals surface area contributed by atoms with Crippen molar-refractivity contribution >= 4 is 0 Å². The van der Waals surface area contributed by atoms with E-state index in [1.165, 1.54) is 29.5 Å². The molecule has 1 aliphatic carbocycles. The van der Waals surface area contributed by atoms with Gasteiger partial charge < -0.3 is 0 Å². The molecule has 2 aromatic rings. The van der Waals surface area contributed by atoms with E-state index in [4.69, 9.17) is 0 Å². The summed E-state index contributed by atoms with van der Waals surface area (Å²) in [4.78, 5) is 8.88. The third-order valence-corrected chi connectivity index (χ3v) is 8.14. The van der Waals surface area contributed by atoms with Gasteiger partial charge in [-0.25, -0.2) is 4.39 Å². The second-order valence-electron chi connectivity index (χ2n) is 10.9. The van der Waals surface area contributed by atoms with E-state index >= 15 is 0 Å². The van der Waals surface area contributed by atoms with Crippen molar-refractivity contribution in [2.45, 2.75) is 99.1 Å². The number of likely N-dealkylation sites (N-methyl/N-ethyl adjacent to an activating group) is 1. The molecule has 0 radical (unpaired) electrons. The highest BCUT2D eigenvalue weighted by atomic mass is 19.1. The first-order chi connectivity index (χ1) is 20.9. The van der Waals surface area contributed by atoms with Crippen LogP contribution in [0.15, 0.2) is 97.2 Å². The van der Waals surface area contributed by atoms with E-state index in [9.17, 15) is 4.39 Å². The van der Waals surface area contributed by atoms with E-state index in [-0.39, 0.29) is 11.9 Å². The summed E-state index contributed by atoms with van der Waals surface area (Å²) < 4.78 is 14.4. The van der Waals surface area contributed by atoms with Crippen molar-refractivity contribution in [3.05, 3.63) is 114 Å².